The SMILES string of the molecule is O=C(CN(Cc1ccc(F)cc1)C1CC1)Nc1ccc(Cl)cc1. The fraction of sp³-hybridized carbons (Fsp3) is 0.278. The zero-order valence-corrected chi connectivity index (χ0v) is 13.4. The normalized spacial score (nSPS) is 14.0. The highest BCUT2D eigenvalue weighted by Crippen LogP contribution is 2.28. The summed E-state index contributed by atoms with van der Waals surface area (Å²) in [6.07, 6.45) is 2.21. The van der Waals surface area contributed by atoms with Crippen LogP contribution in [0, 0.1) is 5.82 Å². The molecule has 1 fully saturated rings. The molecule has 3 nitrogen and oxygen atoms in total. The lowest BCUT2D eigenvalue weighted by Crippen LogP contribution is -2.34. The quantitative estimate of drug-likeness (QED) is 0.864. The van der Waals surface area contributed by atoms with Crippen LogP contribution < -0.4 is 5.32 Å². The van der Waals surface area contributed by atoms with Crippen molar-refractivity contribution in [2.24, 2.45) is 0 Å². The smallest absolute Gasteiger partial charge is 0.238 e. The van der Waals surface area contributed by atoms with Crippen LogP contribution in [0.15, 0.2) is 48.5 Å². The van der Waals surface area contributed by atoms with Crippen molar-refractivity contribution in [3.8, 4) is 0 Å². The summed E-state index contributed by atoms with van der Waals surface area (Å²) in [6, 6.07) is 13.9. The van der Waals surface area contributed by atoms with Gasteiger partial charge in [0, 0.05) is 23.3 Å². The van der Waals surface area contributed by atoms with Crippen molar-refractivity contribution in [3.63, 3.8) is 0 Å². The highest BCUT2D eigenvalue weighted by Gasteiger charge is 2.30. The molecule has 1 amide bonds. The fourth-order valence-corrected chi connectivity index (χ4v) is 2.62. The summed E-state index contributed by atoms with van der Waals surface area (Å²) in [6.45, 7) is 0.976. The molecule has 0 aliphatic heterocycles. The standard InChI is InChI=1S/C18H18ClFN2O/c19-14-3-7-16(8-4-14)21-18(23)12-22(17-9-10-17)11-13-1-5-15(20)6-2-13/h1-8,17H,9-12H2,(H,21,23). The summed E-state index contributed by atoms with van der Waals surface area (Å²) in [4.78, 5) is 14.4. The molecule has 2 aromatic carbocycles. The van der Waals surface area contributed by atoms with E-state index < -0.39 is 0 Å². The Morgan fingerprint density at radius 2 is 1.78 bits per heavy atom. The summed E-state index contributed by atoms with van der Waals surface area (Å²) in [5.41, 5.74) is 1.74. The van der Waals surface area contributed by atoms with Crippen molar-refractivity contribution in [1.29, 1.82) is 0 Å². The topological polar surface area (TPSA) is 32.3 Å². The molecule has 0 heterocycles. The maximum absolute atomic E-state index is 13.0. The second kappa shape index (κ2) is 7.11. The number of nitrogens with one attached hydrogen (secondary N) is 1. The molecule has 2 aromatic rings. The van der Waals surface area contributed by atoms with Crippen LogP contribution in [0.4, 0.5) is 10.1 Å². The molecule has 0 spiro atoms. The molecule has 0 saturated heterocycles. The average Bonchev–Trinajstić information content (AvgIpc) is 3.36. The van der Waals surface area contributed by atoms with Gasteiger partial charge in [0.25, 0.3) is 0 Å². The van der Waals surface area contributed by atoms with Crippen LogP contribution in [0.1, 0.15) is 18.4 Å². The van der Waals surface area contributed by atoms with E-state index in [4.69, 9.17) is 11.6 Å². The summed E-state index contributed by atoms with van der Waals surface area (Å²) < 4.78 is 13.0. The number of nitrogens with zero attached hydrogens (tertiary/aromatic N) is 1. The van der Waals surface area contributed by atoms with E-state index in [1.807, 2.05) is 0 Å². The minimum absolute atomic E-state index is 0.0543. The van der Waals surface area contributed by atoms with E-state index >= 15 is 0 Å². The summed E-state index contributed by atoms with van der Waals surface area (Å²) in [5, 5.41) is 3.52. The first-order chi connectivity index (χ1) is 11.1. The number of hydrogen-bond acceptors (Lipinski definition) is 2. The second-order valence-electron chi connectivity index (χ2n) is 5.82. The van der Waals surface area contributed by atoms with Gasteiger partial charge in [0.05, 0.1) is 6.54 Å². The number of halogens is 2. The molecule has 1 N–H and O–H groups in total. The van der Waals surface area contributed by atoms with E-state index in [1.54, 1.807) is 36.4 Å². The molecular formula is C18H18ClFN2O. The Morgan fingerprint density at radius 1 is 1.13 bits per heavy atom. The molecule has 23 heavy (non-hydrogen) atoms. The van der Waals surface area contributed by atoms with Crippen molar-refractivity contribution in [2.45, 2.75) is 25.4 Å². The van der Waals surface area contributed by atoms with Gasteiger partial charge in [-0.1, -0.05) is 23.7 Å². The van der Waals surface area contributed by atoms with E-state index in [0.717, 1.165) is 24.1 Å². The Morgan fingerprint density at radius 3 is 2.39 bits per heavy atom. The number of carbonyl (C=O) groups excluding carboxylic acids is 1. The van der Waals surface area contributed by atoms with Crippen LogP contribution in [-0.2, 0) is 11.3 Å². The van der Waals surface area contributed by atoms with Gasteiger partial charge in [0.1, 0.15) is 5.82 Å². The van der Waals surface area contributed by atoms with Crippen LogP contribution >= 0.6 is 11.6 Å². The molecule has 1 aliphatic carbocycles. The maximum Gasteiger partial charge on any atom is 0.238 e. The van der Waals surface area contributed by atoms with E-state index in [-0.39, 0.29) is 11.7 Å². The van der Waals surface area contributed by atoms with Gasteiger partial charge < -0.3 is 5.32 Å². The monoisotopic (exact) mass is 332 g/mol. The van der Waals surface area contributed by atoms with Crippen LogP contribution in [0.25, 0.3) is 0 Å². The molecular weight excluding hydrogens is 315 g/mol. The van der Waals surface area contributed by atoms with Gasteiger partial charge in [0.2, 0.25) is 5.91 Å². The number of anilines is 1. The van der Waals surface area contributed by atoms with Crippen LogP contribution in [-0.4, -0.2) is 23.4 Å². The second-order valence-corrected chi connectivity index (χ2v) is 6.25. The Kier molecular flexibility index (Phi) is 4.94. The summed E-state index contributed by atoms with van der Waals surface area (Å²) in [5.74, 6) is -0.298. The van der Waals surface area contributed by atoms with Crippen LogP contribution in [0.3, 0.4) is 0 Å². The molecule has 0 bridgehead atoms. The Labute approximate surface area is 140 Å². The fourth-order valence-electron chi connectivity index (χ4n) is 2.50. The Bertz CT molecular complexity index is 668. The van der Waals surface area contributed by atoms with Crippen molar-refractivity contribution < 1.29 is 9.18 Å². The largest absolute Gasteiger partial charge is 0.325 e. The van der Waals surface area contributed by atoms with E-state index in [1.165, 1.54) is 12.1 Å². The Hall–Kier alpha value is -1.91. The Balaban J connectivity index is 1.59. The zero-order chi connectivity index (χ0) is 16.2. The molecule has 0 unspecified atom stereocenters. The number of hydrogen-bond donors (Lipinski definition) is 1. The highest BCUT2D eigenvalue weighted by molar-refractivity contribution is 6.30. The molecule has 0 radical (unpaired) electrons. The summed E-state index contributed by atoms with van der Waals surface area (Å²) >= 11 is 5.84. The number of amides is 1. The first-order valence-corrected chi connectivity index (χ1v) is 8.02. The van der Waals surface area contributed by atoms with Crippen LogP contribution in [0.5, 0.6) is 0 Å². The minimum atomic E-state index is -0.243. The van der Waals surface area contributed by atoms with E-state index in [9.17, 15) is 9.18 Å². The lowest BCUT2D eigenvalue weighted by molar-refractivity contribution is -0.117. The van der Waals surface area contributed by atoms with Gasteiger partial charge >= 0.3 is 0 Å². The van der Waals surface area contributed by atoms with Gasteiger partial charge in [-0.15, -0.1) is 0 Å². The third-order valence-corrected chi connectivity index (χ3v) is 4.09. The van der Waals surface area contributed by atoms with Gasteiger partial charge in [-0.05, 0) is 54.8 Å². The molecule has 5 heteroatoms. The maximum atomic E-state index is 13.0. The highest BCUT2D eigenvalue weighted by atomic mass is 35.5. The minimum Gasteiger partial charge on any atom is -0.325 e. The van der Waals surface area contributed by atoms with Crippen molar-refractivity contribution in [3.05, 3.63) is 64.9 Å². The number of rotatable bonds is 6. The lowest BCUT2D eigenvalue weighted by Gasteiger charge is -2.21. The van der Waals surface area contributed by atoms with E-state index in [2.05, 4.69) is 10.2 Å². The summed E-state index contributed by atoms with van der Waals surface area (Å²) in [7, 11) is 0. The van der Waals surface area contributed by atoms with Crippen molar-refractivity contribution in [1.82, 2.24) is 4.90 Å². The van der Waals surface area contributed by atoms with Crippen molar-refractivity contribution in [2.75, 3.05) is 11.9 Å². The van der Waals surface area contributed by atoms with Crippen LogP contribution in [0.2, 0.25) is 5.02 Å². The predicted octanol–water partition coefficient (Wildman–Crippen LogP) is 4.08. The molecule has 3 rings (SSSR count). The van der Waals surface area contributed by atoms with Gasteiger partial charge in [0.15, 0.2) is 0 Å². The zero-order valence-electron chi connectivity index (χ0n) is 12.6. The first kappa shape index (κ1) is 16.0. The van der Waals surface area contributed by atoms with Gasteiger partial charge in [-0.3, -0.25) is 9.69 Å². The lowest BCUT2D eigenvalue weighted by atomic mass is 10.2. The third kappa shape index (κ3) is 4.78. The molecule has 0 atom stereocenters. The van der Waals surface area contributed by atoms with Gasteiger partial charge in [-0.2, -0.15) is 0 Å². The third-order valence-electron chi connectivity index (χ3n) is 3.84. The van der Waals surface area contributed by atoms with Gasteiger partial charge in [-0.25, -0.2) is 4.39 Å². The molecule has 1 saturated carbocycles. The predicted molar refractivity (Wildman–Crippen MR) is 89.9 cm³/mol. The van der Waals surface area contributed by atoms with Crippen molar-refractivity contribution >= 4 is 23.2 Å². The average molecular weight is 333 g/mol. The van der Waals surface area contributed by atoms with E-state index in [0.29, 0.717) is 24.2 Å². The molecule has 1 aliphatic rings. The number of benzene rings is 2. The molecule has 0 aromatic heterocycles. The number of carbonyl (C=O) groups is 1. The first-order valence-electron chi connectivity index (χ1n) is 7.64. The molecule has 120 valence electrons.